The zero-order valence-electron chi connectivity index (χ0n) is 25.5. The first-order chi connectivity index (χ1) is 22.0. The Morgan fingerprint density at radius 3 is 2.07 bits per heavy atom. The molecule has 0 bridgehead atoms. The summed E-state index contributed by atoms with van der Waals surface area (Å²) in [6.07, 6.45) is 8.04. The number of anilines is 1. The highest BCUT2D eigenvalue weighted by Gasteiger charge is 2.29. The molecule has 0 spiro atoms. The Hall–Kier alpha value is -4.62. The number of nitriles is 1. The Bertz CT molecular complexity index is 1530. The fraction of sp³-hybridized carbons (Fsp3) is 0.429. The maximum atomic E-state index is 13.1. The average molecular weight is 606 g/mol. The fourth-order valence-electron chi connectivity index (χ4n) is 6.55. The zero-order chi connectivity index (χ0) is 31.2. The van der Waals surface area contributed by atoms with Gasteiger partial charge in [-0.3, -0.25) is 19.3 Å². The molecule has 1 N–H and O–H groups in total. The molecule has 4 heterocycles. The summed E-state index contributed by atoms with van der Waals surface area (Å²) in [7, 11) is 0. The first-order valence-electron chi connectivity index (χ1n) is 16.0. The van der Waals surface area contributed by atoms with Crippen LogP contribution in [0.2, 0.25) is 0 Å². The minimum absolute atomic E-state index is 0.0461. The van der Waals surface area contributed by atoms with E-state index in [9.17, 15) is 14.4 Å². The minimum atomic E-state index is -0.292. The first-order valence-corrected chi connectivity index (χ1v) is 16.0. The topological polar surface area (TPSA) is 123 Å². The number of amides is 2. The highest BCUT2D eigenvalue weighted by atomic mass is 16.2. The molecule has 0 saturated carbocycles. The summed E-state index contributed by atoms with van der Waals surface area (Å²) in [4.78, 5) is 54.0. The van der Waals surface area contributed by atoms with Crippen molar-refractivity contribution in [3.8, 4) is 6.07 Å². The number of hydrogen-bond donors (Lipinski definition) is 1. The molecule has 3 fully saturated rings. The van der Waals surface area contributed by atoms with E-state index in [-0.39, 0.29) is 40.9 Å². The van der Waals surface area contributed by atoms with Gasteiger partial charge in [0.05, 0.1) is 24.0 Å². The number of nitrogens with zero attached hydrogens (tertiary/aromatic N) is 6. The van der Waals surface area contributed by atoms with Crippen molar-refractivity contribution in [1.29, 1.82) is 5.26 Å². The first kappa shape index (κ1) is 30.4. The molecule has 10 heteroatoms. The summed E-state index contributed by atoms with van der Waals surface area (Å²) >= 11 is 0. The van der Waals surface area contributed by atoms with Crippen LogP contribution in [0, 0.1) is 17.2 Å². The van der Waals surface area contributed by atoms with E-state index < -0.39 is 0 Å². The van der Waals surface area contributed by atoms with E-state index in [0.29, 0.717) is 31.5 Å². The third kappa shape index (κ3) is 7.37. The van der Waals surface area contributed by atoms with Crippen LogP contribution in [0.25, 0.3) is 0 Å². The normalized spacial score (nSPS) is 18.0. The maximum Gasteiger partial charge on any atom is 0.274 e. The molecule has 10 nitrogen and oxygen atoms in total. The van der Waals surface area contributed by atoms with Gasteiger partial charge in [-0.15, -0.1) is 0 Å². The Balaban J connectivity index is 0.940. The van der Waals surface area contributed by atoms with Crippen molar-refractivity contribution < 1.29 is 14.4 Å². The predicted molar refractivity (Wildman–Crippen MR) is 170 cm³/mol. The molecule has 0 radical (unpaired) electrons. The van der Waals surface area contributed by atoms with E-state index >= 15 is 0 Å². The van der Waals surface area contributed by atoms with Gasteiger partial charge < -0.3 is 15.1 Å². The van der Waals surface area contributed by atoms with Crippen molar-refractivity contribution in [2.45, 2.75) is 51.1 Å². The van der Waals surface area contributed by atoms with Crippen LogP contribution in [-0.4, -0.2) is 82.7 Å². The van der Waals surface area contributed by atoms with Crippen molar-refractivity contribution in [2.75, 3.05) is 44.2 Å². The van der Waals surface area contributed by atoms with Gasteiger partial charge in [0, 0.05) is 69.0 Å². The number of piperidine rings is 2. The third-order valence-electron chi connectivity index (χ3n) is 9.29. The second kappa shape index (κ2) is 14.0. The Morgan fingerprint density at radius 2 is 1.44 bits per heavy atom. The quantitative estimate of drug-likeness (QED) is 0.381. The molecule has 2 amide bonds. The summed E-state index contributed by atoms with van der Waals surface area (Å²) in [5.74, 6) is -0.487. The molecule has 1 aromatic heterocycles. The highest BCUT2D eigenvalue weighted by Crippen LogP contribution is 2.25. The van der Waals surface area contributed by atoms with Gasteiger partial charge >= 0.3 is 0 Å². The van der Waals surface area contributed by atoms with E-state index in [1.807, 2.05) is 48.5 Å². The lowest BCUT2D eigenvalue weighted by Gasteiger charge is -2.32. The number of rotatable bonds is 8. The summed E-state index contributed by atoms with van der Waals surface area (Å²) < 4.78 is 0. The zero-order valence-corrected chi connectivity index (χ0v) is 25.5. The predicted octanol–water partition coefficient (Wildman–Crippen LogP) is 4.08. The Labute approximate surface area is 264 Å². The lowest BCUT2D eigenvalue weighted by Crippen LogP contribution is -2.44. The number of likely N-dealkylation sites (tertiary alicyclic amines) is 2. The molecular formula is C35H39N7O3. The van der Waals surface area contributed by atoms with Crippen molar-refractivity contribution >= 4 is 23.3 Å². The monoisotopic (exact) mass is 605 g/mol. The van der Waals surface area contributed by atoms with E-state index in [0.717, 1.165) is 56.7 Å². The number of carbonyl (C=O) groups is 3. The molecule has 0 atom stereocenters. The number of nitrogens with one attached hydrogen (secondary N) is 1. The molecule has 6 rings (SSSR count). The van der Waals surface area contributed by atoms with Crippen molar-refractivity contribution in [1.82, 2.24) is 25.1 Å². The number of carbonyl (C=O) groups excluding carboxylic acids is 3. The number of benzene rings is 2. The van der Waals surface area contributed by atoms with Crippen molar-refractivity contribution in [2.24, 2.45) is 5.92 Å². The van der Waals surface area contributed by atoms with Gasteiger partial charge in [0.1, 0.15) is 11.4 Å². The van der Waals surface area contributed by atoms with Gasteiger partial charge in [0.25, 0.3) is 11.8 Å². The maximum absolute atomic E-state index is 13.1. The Morgan fingerprint density at radius 1 is 0.800 bits per heavy atom. The number of ketones is 1. The molecule has 3 saturated heterocycles. The lowest BCUT2D eigenvalue weighted by molar-refractivity contribution is 0.0645. The SMILES string of the molecule is N#Cc1ccc(CN2CCC(NC(=O)c3cnc(C(=O)N4CCC(C(=O)c5ccc(N6CCCC6)cc5)CC4)cn3)CC2)cc1. The van der Waals surface area contributed by atoms with Crippen molar-refractivity contribution in [3.63, 3.8) is 0 Å². The van der Waals surface area contributed by atoms with Crippen LogP contribution in [0.3, 0.4) is 0 Å². The lowest BCUT2D eigenvalue weighted by atomic mass is 9.88. The molecule has 45 heavy (non-hydrogen) atoms. The number of aromatic nitrogens is 2. The Kier molecular flexibility index (Phi) is 9.46. The van der Waals surface area contributed by atoms with Crippen LogP contribution in [0.5, 0.6) is 0 Å². The van der Waals surface area contributed by atoms with Crippen LogP contribution >= 0.6 is 0 Å². The average Bonchev–Trinajstić information content (AvgIpc) is 3.64. The molecule has 0 unspecified atom stereocenters. The van der Waals surface area contributed by atoms with E-state index in [2.05, 4.69) is 31.2 Å². The van der Waals surface area contributed by atoms with Gasteiger partial charge in [-0.05, 0) is 80.5 Å². The molecule has 3 aliphatic rings. The van der Waals surface area contributed by atoms with Crippen LogP contribution in [0.15, 0.2) is 60.9 Å². The second-order valence-electron chi connectivity index (χ2n) is 12.3. The standard InChI is InChI=1S/C35H39N7O3/c36-21-25-3-5-26(6-4-25)24-40-17-13-29(14-18-40)39-34(44)31-22-38-32(23-37-31)35(45)42-19-11-28(12-20-42)33(43)27-7-9-30(10-8-27)41-15-1-2-16-41/h3-10,22-23,28-29H,1-2,11-20,24H2,(H,39,44). The van der Waals surface area contributed by atoms with Gasteiger partial charge in [-0.25, -0.2) is 9.97 Å². The second-order valence-corrected chi connectivity index (χ2v) is 12.3. The molecule has 232 valence electrons. The van der Waals surface area contributed by atoms with Crippen LogP contribution in [-0.2, 0) is 6.54 Å². The van der Waals surface area contributed by atoms with Gasteiger partial charge in [0.15, 0.2) is 5.78 Å². The van der Waals surface area contributed by atoms with E-state index in [4.69, 9.17) is 5.26 Å². The minimum Gasteiger partial charge on any atom is -0.372 e. The van der Waals surface area contributed by atoms with Gasteiger partial charge in [0.2, 0.25) is 0 Å². The van der Waals surface area contributed by atoms with Crippen LogP contribution in [0.4, 0.5) is 5.69 Å². The molecule has 2 aromatic carbocycles. The summed E-state index contributed by atoms with van der Waals surface area (Å²) in [6, 6.07) is 17.8. The molecule has 3 aromatic rings. The van der Waals surface area contributed by atoms with Crippen LogP contribution < -0.4 is 10.2 Å². The third-order valence-corrected chi connectivity index (χ3v) is 9.29. The van der Waals surface area contributed by atoms with Gasteiger partial charge in [-0.1, -0.05) is 12.1 Å². The van der Waals surface area contributed by atoms with Crippen molar-refractivity contribution in [3.05, 3.63) is 89.0 Å². The largest absolute Gasteiger partial charge is 0.372 e. The summed E-state index contributed by atoms with van der Waals surface area (Å²) in [6.45, 7) is 5.64. The highest BCUT2D eigenvalue weighted by molar-refractivity contribution is 5.98. The summed E-state index contributed by atoms with van der Waals surface area (Å²) in [5, 5.41) is 12.0. The van der Waals surface area contributed by atoms with Gasteiger partial charge in [-0.2, -0.15) is 5.26 Å². The van der Waals surface area contributed by atoms with Crippen LogP contribution in [0.1, 0.15) is 81.0 Å². The fourth-order valence-corrected chi connectivity index (χ4v) is 6.55. The molecule has 3 aliphatic heterocycles. The number of hydrogen-bond acceptors (Lipinski definition) is 8. The van der Waals surface area contributed by atoms with E-state index in [1.165, 1.54) is 30.9 Å². The molecular weight excluding hydrogens is 566 g/mol. The smallest absolute Gasteiger partial charge is 0.274 e. The molecule has 0 aliphatic carbocycles. The summed E-state index contributed by atoms with van der Waals surface area (Å²) in [5.41, 5.74) is 4.11. The van der Waals surface area contributed by atoms with E-state index in [1.54, 1.807) is 4.90 Å². The number of Topliss-reactive ketones (excluding diaryl/α,β-unsaturated/α-hetero) is 1.